The van der Waals surface area contributed by atoms with E-state index in [9.17, 15) is 19.6 Å². The third-order valence-electron chi connectivity index (χ3n) is 5.59. The average Bonchev–Trinajstić information content (AvgIpc) is 3.06. The van der Waals surface area contributed by atoms with E-state index >= 15 is 0 Å². The van der Waals surface area contributed by atoms with Crippen molar-refractivity contribution in [2.24, 2.45) is 11.3 Å². The van der Waals surface area contributed by atoms with Gasteiger partial charge in [-0.25, -0.2) is 10.1 Å². The molecular weight excluding hydrogens is 364 g/mol. The number of carbonyl (C=O) groups excluding carboxylic acids is 3. The van der Waals surface area contributed by atoms with Crippen molar-refractivity contribution in [3.8, 4) is 0 Å². The molecule has 2 fully saturated rings. The molecule has 2 aliphatic rings. The Labute approximate surface area is 163 Å². The first-order chi connectivity index (χ1) is 13.5. The fraction of sp³-hybridized carbons (Fsp3) is 0.667. The molecule has 3 amide bonds. The van der Waals surface area contributed by atoms with Crippen LogP contribution in [0.1, 0.15) is 45.4 Å². The maximum absolute atomic E-state index is 12.8. The van der Waals surface area contributed by atoms with Crippen molar-refractivity contribution in [2.45, 2.75) is 51.5 Å². The fourth-order valence-electron chi connectivity index (χ4n) is 3.75. The molecule has 1 aromatic rings. The van der Waals surface area contributed by atoms with Crippen LogP contribution >= 0.6 is 0 Å². The molecule has 0 aromatic carbocycles. The highest BCUT2D eigenvalue weighted by atomic mass is 16.5. The zero-order chi connectivity index (χ0) is 20.1. The number of rotatable bonds is 10. The predicted octanol–water partition coefficient (Wildman–Crippen LogP) is 0.888. The Morgan fingerprint density at radius 2 is 2.32 bits per heavy atom. The highest BCUT2D eigenvalue weighted by Gasteiger charge is 2.54. The smallest absolute Gasteiger partial charge is 0.244 e. The number of hydroxylamine groups is 2. The Hall–Kier alpha value is -2.46. The van der Waals surface area contributed by atoms with E-state index < -0.39 is 12.0 Å². The SMILES string of the molecule is CCCCC(CN(O)C=O)C(=O)NN1CC2(CC2)C[C@H]1C(=O)Nc1ccn[nH]1. The minimum Gasteiger partial charge on any atom is -0.310 e. The van der Waals surface area contributed by atoms with Crippen molar-refractivity contribution in [1.29, 1.82) is 0 Å². The monoisotopic (exact) mass is 392 g/mol. The highest BCUT2D eigenvalue weighted by Crippen LogP contribution is 2.54. The summed E-state index contributed by atoms with van der Waals surface area (Å²) < 4.78 is 0. The zero-order valence-electron chi connectivity index (χ0n) is 16.1. The van der Waals surface area contributed by atoms with Gasteiger partial charge in [0.05, 0.1) is 18.7 Å². The number of nitrogens with one attached hydrogen (secondary N) is 3. The van der Waals surface area contributed by atoms with Crippen LogP contribution < -0.4 is 10.7 Å². The Balaban J connectivity index is 1.65. The molecule has 10 nitrogen and oxygen atoms in total. The van der Waals surface area contributed by atoms with Gasteiger partial charge in [-0.1, -0.05) is 19.8 Å². The number of carbonyl (C=O) groups is 3. The van der Waals surface area contributed by atoms with Crippen LogP contribution in [-0.2, 0) is 14.4 Å². The van der Waals surface area contributed by atoms with E-state index in [0.717, 1.165) is 25.7 Å². The second kappa shape index (κ2) is 8.70. The van der Waals surface area contributed by atoms with E-state index in [4.69, 9.17) is 0 Å². The highest BCUT2D eigenvalue weighted by molar-refractivity contribution is 5.94. The van der Waals surface area contributed by atoms with Crippen LogP contribution in [0.3, 0.4) is 0 Å². The van der Waals surface area contributed by atoms with Gasteiger partial charge < -0.3 is 5.32 Å². The lowest BCUT2D eigenvalue weighted by Crippen LogP contribution is -2.52. The Kier molecular flexibility index (Phi) is 6.30. The van der Waals surface area contributed by atoms with Crippen LogP contribution in [0.4, 0.5) is 5.82 Å². The van der Waals surface area contributed by atoms with Crippen LogP contribution in [0.2, 0.25) is 0 Å². The first-order valence-electron chi connectivity index (χ1n) is 9.74. The standard InChI is InChI=1S/C18H28N6O4/c1-2-3-4-13(10-23(28)12-25)16(26)22-24-11-18(6-7-18)9-14(24)17(27)20-15-5-8-19-21-15/h5,8,12-14,28H,2-4,6-7,9-11H2,1H3,(H,22,26)(H2,19,20,21,27)/t13?,14-/m0/s1. The number of nitrogens with zero attached hydrogens (tertiary/aromatic N) is 3. The number of amides is 3. The maximum atomic E-state index is 12.8. The molecule has 1 aliphatic carbocycles. The molecule has 1 saturated heterocycles. The van der Waals surface area contributed by atoms with Crippen LogP contribution in [0.25, 0.3) is 0 Å². The molecule has 1 saturated carbocycles. The maximum Gasteiger partial charge on any atom is 0.244 e. The number of hydrogen-bond donors (Lipinski definition) is 4. The molecule has 1 spiro atoms. The predicted molar refractivity (Wildman–Crippen MR) is 99.7 cm³/mol. The third kappa shape index (κ3) is 4.87. The second-order valence-corrected chi connectivity index (χ2v) is 7.85. The van der Waals surface area contributed by atoms with Gasteiger partial charge in [-0.3, -0.25) is 30.1 Å². The molecule has 10 heteroatoms. The number of H-pyrrole nitrogens is 1. The lowest BCUT2D eigenvalue weighted by molar-refractivity contribution is -0.155. The Morgan fingerprint density at radius 1 is 1.54 bits per heavy atom. The average molecular weight is 392 g/mol. The van der Waals surface area contributed by atoms with Gasteiger partial charge in [-0.05, 0) is 31.1 Å². The number of anilines is 1. The summed E-state index contributed by atoms with van der Waals surface area (Å²) in [6.07, 6.45) is 6.88. The fourth-order valence-corrected chi connectivity index (χ4v) is 3.75. The minimum atomic E-state index is -0.540. The Morgan fingerprint density at radius 3 is 2.93 bits per heavy atom. The normalized spacial score (nSPS) is 21.3. The van der Waals surface area contributed by atoms with Crippen LogP contribution in [-0.4, -0.2) is 62.8 Å². The van der Waals surface area contributed by atoms with Crippen molar-refractivity contribution in [1.82, 2.24) is 25.7 Å². The number of aromatic nitrogens is 2. The van der Waals surface area contributed by atoms with Gasteiger partial charge in [-0.2, -0.15) is 5.10 Å². The van der Waals surface area contributed by atoms with Gasteiger partial charge in [0.1, 0.15) is 11.9 Å². The summed E-state index contributed by atoms with van der Waals surface area (Å²) in [5.74, 6) is -0.514. The molecule has 2 heterocycles. The van der Waals surface area contributed by atoms with Crippen molar-refractivity contribution < 1.29 is 19.6 Å². The van der Waals surface area contributed by atoms with E-state index in [1.807, 2.05) is 6.92 Å². The summed E-state index contributed by atoms with van der Waals surface area (Å²) in [5.41, 5.74) is 2.97. The van der Waals surface area contributed by atoms with Crippen molar-refractivity contribution in [3.63, 3.8) is 0 Å². The summed E-state index contributed by atoms with van der Waals surface area (Å²) in [7, 11) is 0. The van der Waals surface area contributed by atoms with Crippen LogP contribution in [0.15, 0.2) is 12.3 Å². The van der Waals surface area contributed by atoms with E-state index in [-0.39, 0.29) is 23.8 Å². The first kappa shape index (κ1) is 20.3. The molecule has 1 aromatic heterocycles. The summed E-state index contributed by atoms with van der Waals surface area (Å²) >= 11 is 0. The summed E-state index contributed by atoms with van der Waals surface area (Å²) in [6.45, 7) is 2.56. The molecule has 1 unspecified atom stereocenters. The van der Waals surface area contributed by atoms with Crippen LogP contribution in [0, 0.1) is 11.3 Å². The molecule has 1 aliphatic heterocycles. The molecule has 0 radical (unpaired) electrons. The molecular formula is C18H28N6O4. The van der Waals surface area contributed by atoms with Gasteiger partial charge in [-0.15, -0.1) is 0 Å². The quantitative estimate of drug-likeness (QED) is 0.266. The molecule has 4 N–H and O–H groups in total. The van der Waals surface area contributed by atoms with Gasteiger partial charge in [0.15, 0.2) is 0 Å². The number of hydrazine groups is 1. The van der Waals surface area contributed by atoms with E-state index in [1.165, 1.54) is 0 Å². The number of aromatic amines is 1. The van der Waals surface area contributed by atoms with Crippen molar-refractivity contribution in [3.05, 3.63) is 12.3 Å². The largest absolute Gasteiger partial charge is 0.310 e. The molecule has 154 valence electrons. The van der Waals surface area contributed by atoms with Gasteiger partial charge in [0.25, 0.3) is 0 Å². The lowest BCUT2D eigenvalue weighted by atomic mass is 10.0. The molecule has 0 bridgehead atoms. The Bertz CT molecular complexity index is 690. The second-order valence-electron chi connectivity index (χ2n) is 7.85. The molecule has 3 rings (SSSR count). The van der Waals surface area contributed by atoms with Crippen molar-refractivity contribution >= 4 is 24.0 Å². The van der Waals surface area contributed by atoms with Gasteiger partial charge >= 0.3 is 0 Å². The van der Waals surface area contributed by atoms with E-state index in [1.54, 1.807) is 17.3 Å². The third-order valence-corrected chi connectivity index (χ3v) is 5.59. The molecule has 2 atom stereocenters. The summed E-state index contributed by atoms with van der Waals surface area (Å²) in [4.78, 5) is 36.3. The van der Waals surface area contributed by atoms with E-state index in [0.29, 0.717) is 36.7 Å². The van der Waals surface area contributed by atoms with Gasteiger partial charge in [0.2, 0.25) is 18.2 Å². The van der Waals surface area contributed by atoms with Crippen LogP contribution in [0.5, 0.6) is 0 Å². The topological polar surface area (TPSA) is 131 Å². The van der Waals surface area contributed by atoms with Gasteiger partial charge in [0, 0.05) is 12.6 Å². The lowest BCUT2D eigenvalue weighted by Gasteiger charge is -2.27. The molecule has 28 heavy (non-hydrogen) atoms. The minimum absolute atomic E-state index is 0.0701. The summed E-state index contributed by atoms with van der Waals surface area (Å²) in [6, 6.07) is 1.19. The zero-order valence-corrected chi connectivity index (χ0v) is 16.1. The number of hydrogen-bond acceptors (Lipinski definition) is 6. The summed E-state index contributed by atoms with van der Waals surface area (Å²) in [5, 5.41) is 21.0. The van der Waals surface area contributed by atoms with Crippen molar-refractivity contribution in [2.75, 3.05) is 18.4 Å². The number of unbranched alkanes of at least 4 members (excludes halogenated alkanes) is 1. The first-order valence-corrected chi connectivity index (χ1v) is 9.74. The van der Waals surface area contributed by atoms with E-state index in [2.05, 4.69) is 20.9 Å².